The third kappa shape index (κ3) is 4.67. The van der Waals surface area contributed by atoms with Crippen molar-refractivity contribution >= 4 is 12.0 Å². The maximum absolute atomic E-state index is 12.7. The topological polar surface area (TPSA) is 26.3 Å². The number of esters is 1. The molecule has 0 fully saturated rings. The molecular weight excluding hydrogens is 308 g/mol. The van der Waals surface area contributed by atoms with Crippen LogP contribution in [0.15, 0.2) is 97.1 Å². The molecule has 0 aromatic heterocycles. The summed E-state index contributed by atoms with van der Waals surface area (Å²) in [5.74, 6) is -0.650. The first-order valence-corrected chi connectivity index (χ1v) is 8.33. The summed E-state index contributed by atoms with van der Waals surface area (Å²) in [6.45, 7) is 0.254. The number of carbonyl (C=O) groups excluding carboxylic acids is 1. The standard InChI is InChI=1S/C23H20O2/c24-23(25-18-10-13-19-11-4-1-5-12-19)22(20-14-6-2-7-15-20)21-16-8-3-9-17-21/h1-17,22H,18H2/b13-10+. The minimum absolute atomic E-state index is 0.241. The van der Waals surface area contributed by atoms with Crippen molar-refractivity contribution in [3.8, 4) is 0 Å². The van der Waals surface area contributed by atoms with E-state index in [9.17, 15) is 4.79 Å². The normalized spacial score (nSPS) is 10.9. The van der Waals surface area contributed by atoms with Gasteiger partial charge in [0.1, 0.15) is 12.5 Å². The van der Waals surface area contributed by atoms with Gasteiger partial charge in [-0.2, -0.15) is 0 Å². The van der Waals surface area contributed by atoms with Gasteiger partial charge in [0.05, 0.1) is 0 Å². The summed E-state index contributed by atoms with van der Waals surface area (Å²) in [5, 5.41) is 0. The zero-order chi connectivity index (χ0) is 17.3. The fraction of sp³-hybridized carbons (Fsp3) is 0.0870. The minimum Gasteiger partial charge on any atom is -0.461 e. The van der Waals surface area contributed by atoms with Crippen LogP contribution in [-0.2, 0) is 9.53 Å². The summed E-state index contributed by atoms with van der Waals surface area (Å²) in [6, 6.07) is 29.4. The molecule has 0 unspecified atom stereocenters. The molecule has 0 N–H and O–H groups in total. The molecule has 0 bridgehead atoms. The van der Waals surface area contributed by atoms with Crippen molar-refractivity contribution in [1.82, 2.24) is 0 Å². The van der Waals surface area contributed by atoms with Gasteiger partial charge in [-0.3, -0.25) is 4.79 Å². The van der Waals surface area contributed by atoms with Crippen LogP contribution in [0.1, 0.15) is 22.6 Å². The molecule has 2 heteroatoms. The molecule has 0 aliphatic rings. The Hall–Kier alpha value is -3.13. The van der Waals surface area contributed by atoms with Crippen LogP contribution >= 0.6 is 0 Å². The average molecular weight is 328 g/mol. The lowest BCUT2D eigenvalue weighted by Crippen LogP contribution is -2.17. The Balaban J connectivity index is 1.71. The number of rotatable bonds is 6. The van der Waals surface area contributed by atoms with Crippen LogP contribution in [0, 0.1) is 0 Å². The smallest absolute Gasteiger partial charge is 0.318 e. The van der Waals surface area contributed by atoms with Crippen LogP contribution in [0.4, 0.5) is 0 Å². The number of hydrogen-bond acceptors (Lipinski definition) is 2. The summed E-state index contributed by atoms with van der Waals surface area (Å²) in [6.07, 6.45) is 3.81. The van der Waals surface area contributed by atoms with Gasteiger partial charge in [-0.15, -0.1) is 0 Å². The van der Waals surface area contributed by atoms with Crippen LogP contribution in [0.5, 0.6) is 0 Å². The van der Waals surface area contributed by atoms with Gasteiger partial charge in [-0.1, -0.05) is 97.1 Å². The lowest BCUT2D eigenvalue weighted by atomic mass is 9.91. The third-order valence-electron chi connectivity index (χ3n) is 3.93. The van der Waals surface area contributed by atoms with Crippen LogP contribution < -0.4 is 0 Å². The maximum atomic E-state index is 12.7. The van der Waals surface area contributed by atoms with Gasteiger partial charge in [0, 0.05) is 0 Å². The van der Waals surface area contributed by atoms with E-state index in [-0.39, 0.29) is 12.6 Å². The van der Waals surface area contributed by atoms with E-state index < -0.39 is 5.92 Å². The lowest BCUT2D eigenvalue weighted by molar-refractivity contribution is -0.143. The highest BCUT2D eigenvalue weighted by molar-refractivity contribution is 5.82. The summed E-state index contributed by atoms with van der Waals surface area (Å²) in [4.78, 5) is 12.7. The summed E-state index contributed by atoms with van der Waals surface area (Å²) in [5.41, 5.74) is 2.96. The summed E-state index contributed by atoms with van der Waals surface area (Å²) >= 11 is 0. The molecule has 0 atom stereocenters. The minimum atomic E-state index is -0.410. The van der Waals surface area contributed by atoms with E-state index in [0.717, 1.165) is 16.7 Å². The largest absolute Gasteiger partial charge is 0.461 e. The van der Waals surface area contributed by atoms with Gasteiger partial charge in [0.25, 0.3) is 0 Å². The Morgan fingerprint density at radius 2 is 1.24 bits per heavy atom. The highest BCUT2D eigenvalue weighted by Gasteiger charge is 2.23. The Morgan fingerprint density at radius 3 is 1.76 bits per heavy atom. The van der Waals surface area contributed by atoms with E-state index in [2.05, 4.69) is 0 Å². The molecule has 0 saturated carbocycles. The van der Waals surface area contributed by atoms with Gasteiger partial charge >= 0.3 is 5.97 Å². The van der Waals surface area contributed by atoms with Crippen molar-refractivity contribution in [2.45, 2.75) is 5.92 Å². The second kappa shape index (κ2) is 8.65. The van der Waals surface area contributed by atoms with Crippen molar-refractivity contribution in [3.05, 3.63) is 114 Å². The quantitative estimate of drug-likeness (QED) is 0.590. The molecule has 0 saturated heterocycles. The summed E-state index contributed by atoms with van der Waals surface area (Å²) in [7, 11) is 0. The predicted octanol–water partition coefficient (Wildman–Crippen LogP) is 5.08. The van der Waals surface area contributed by atoms with Crippen molar-refractivity contribution in [2.24, 2.45) is 0 Å². The molecule has 25 heavy (non-hydrogen) atoms. The molecule has 0 aliphatic heterocycles. The first-order chi connectivity index (χ1) is 12.3. The second-order valence-electron chi connectivity index (χ2n) is 5.70. The van der Waals surface area contributed by atoms with Crippen LogP contribution in [-0.4, -0.2) is 12.6 Å². The molecule has 0 heterocycles. The molecule has 3 aromatic carbocycles. The average Bonchev–Trinajstić information content (AvgIpc) is 2.68. The molecule has 0 aliphatic carbocycles. The van der Waals surface area contributed by atoms with Crippen LogP contribution in [0.3, 0.4) is 0 Å². The van der Waals surface area contributed by atoms with E-state index in [4.69, 9.17) is 4.74 Å². The van der Waals surface area contributed by atoms with Crippen LogP contribution in [0.25, 0.3) is 6.08 Å². The molecule has 3 rings (SSSR count). The number of carbonyl (C=O) groups is 1. The van der Waals surface area contributed by atoms with Gasteiger partial charge in [0.2, 0.25) is 0 Å². The van der Waals surface area contributed by atoms with E-state index >= 15 is 0 Å². The van der Waals surface area contributed by atoms with E-state index in [0.29, 0.717) is 0 Å². The van der Waals surface area contributed by atoms with Crippen molar-refractivity contribution in [3.63, 3.8) is 0 Å². The van der Waals surface area contributed by atoms with Crippen LogP contribution in [0.2, 0.25) is 0 Å². The fourth-order valence-corrected chi connectivity index (χ4v) is 2.72. The number of benzene rings is 3. The molecule has 0 spiro atoms. The van der Waals surface area contributed by atoms with E-state index in [1.807, 2.05) is 103 Å². The van der Waals surface area contributed by atoms with Gasteiger partial charge in [0.15, 0.2) is 0 Å². The molecular formula is C23H20O2. The predicted molar refractivity (Wildman–Crippen MR) is 101 cm³/mol. The fourth-order valence-electron chi connectivity index (χ4n) is 2.72. The molecule has 124 valence electrons. The van der Waals surface area contributed by atoms with Crippen molar-refractivity contribution < 1.29 is 9.53 Å². The van der Waals surface area contributed by atoms with Crippen molar-refractivity contribution in [2.75, 3.05) is 6.61 Å². The summed E-state index contributed by atoms with van der Waals surface area (Å²) < 4.78 is 5.51. The zero-order valence-electron chi connectivity index (χ0n) is 13.9. The van der Waals surface area contributed by atoms with Crippen molar-refractivity contribution in [1.29, 1.82) is 0 Å². The van der Waals surface area contributed by atoms with Gasteiger partial charge in [-0.05, 0) is 22.8 Å². The highest BCUT2D eigenvalue weighted by atomic mass is 16.5. The molecule has 3 aromatic rings. The third-order valence-corrected chi connectivity index (χ3v) is 3.93. The SMILES string of the molecule is O=C(OC/C=C/c1ccccc1)C(c1ccccc1)c1ccccc1. The Kier molecular flexibility index (Phi) is 5.78. The second-order valence-corrected chi connectivity index (χ2v) is 5.70. The first-order valence-electron chi connectivity index (χ1n) is 8.33. The Bertz CT molecular complexity index is 769. The first kappa shape index (κ1) is 16.7. The Morgan fingerprint density at radius 1 is 0.760 bits per heavy atom. The lowest BCUT2D eigenvalue weighted by Gasteiger charge is -2.16. The van der Waals surface area contributed by atoms with E-state index in [1.54, 1.807) is 0 Å². The molecule has 2 nitrogen and oxygen atoms in total. The molecule has 0 radical (unpaired) electrons. The maximum Gasteiger partial charge on any atom is 0.318 e. The highest BCUT2D eigenvalue weighted by Crippen LogP contribution is 2.25. The van der Waals surface area contributed by atoms with Gasteiger partial charge in [-0.25, -0.2) is 0 Å². The van der Waals surface area contributed by atoms with E-state index in [1.165, 1.54) is 0 Å². The number of ether oxygens (including phenoxy) is 1. The monoisotopic (exact) mass is 328 g/mol. The zero-order valence-corrected chi connectivity index (χ0v) is 13.9. The van der Waals surface area contributed by atoms with Gasteiger partial charge < -0.3 is 4.74 Å². The Labute approximate surface area is 148 Å². The number of hydrogen-bond donors (Lipinski definition) is 0. The molecule has 0 amide bonds.